The van der Waals surface area contributed by atoms with Gasteiger partial charge in [-0.2, -0.15) is 5.10 Å². The predicted octanol–water partition coefficient (Wildman–Crippen LogP) is 2.01. The second-order valence-electron chi connectivity index (χ2n) is 7.41. The molecule has 3 N–H and O–H groups in total. The van der Waals surface area contributed by atoms with Gasteiger partial charge >= 0.3 is 11.8 Å². The molecule has 11 nitrogen and oxygen atoms in total. The number of hydrogen-bond acceptors (Lipinski definition) is 6. The van der Waals surface area contributed by atoms with Crippen LogP contribution < -0.4 is 11.0 Å². The molecule has 11 heteroatoms. The van der Waals surface area contributed by atoms with Gasteiger partial charge in [-0.25, -0.2) is 14.2 Å². The molecule has 0 aliphatic heterocycles. The maximum Gasteiger partial charge on any atom is 0.404 e. The van der Waals surface area contributed by atoms with Crippen molar-refractivity contribution < 1.29 is 19.5 Å². The van der Waals surface area contributed by atoms with Crippen LogP contribution in [0.25, 0.3) is 5.69 Å². The molecular formula is C21H22N6O5. The molecule has 0 spiro atoms. The lowest BCUT2D eigenvalue weighted by Gasteiger charge is -2.06. The molecular weight excluding hydrogens is 416 g/mol. The molecule has 166 valence electrons. The highest BCUT2D eigenvalue weighted by Crippen LogP contribution is 2.18. The minimum atomic E-state index is -1.11. The third kappa shape index (κ3) is 4.26. The molecule has 32 heavy (non-hydrogen) atoms. The lowest BCUT2D eigenvalue weighted by molar-refractivity contribution is 0.194. The van der Waals surface area contributed by atoms with Crippen molar-refractivity contribution in [2.24, 2.45) is 0 Å². The van der Waals surface area contributed by atoms with Gasteiger partial charge in [-0.1, -0.05) is 29.4 Å². The Balaban J connectivity index is 1.55. The largest absolute Gasteiger partial charge is 0.493 e. The highest BCUT2D eigenvalue weighted by atomic mass is 16.5. The summed E-state index contributed by atoms with van der Waals surface area (Å²) in [7, 11) is 0. The van der Waals surface area contributed by atoms with Crippen molar-refractivity contribution in [3.05, 3.63) is 81.5 Å². The van der Waals surface area contributed by atoms with E-state index in [0.717, 1.165) is 22.4 Å². The molecule has 0 aliphatic carbocycles. The summed E-state index contributed by atoms with van der Waals surface area (Å²) >= 11 is 0. The van der Waals surface area contributed by atoms with Crippen LogP contribution in [0.15, 0.2) is 52.2 Å². The quantitative estimate of drug-likeness (QED) is 0.401. The van der Waals surface area contributed by atoms with Gasteiger partial charge in [-0.3, -0.25) is 9.25 Å². The summed E-state index contributed by atoms with van der Waals surface area (Å²) in [6.07, 6.45) is 3.41. The van der Waals surface area contributed by atoms with Crippen molar-refractivity contribution in [2.45, 2.75) is 33.5 Å². The second-order valence-corrected chi connectivity index (χ2v) is 7.41. The van der Waals surface area contributed by atoms with Gasteiger partial charge in [-0.05, 0) is 25.0 Å². The topological polar surface area (TPSA) is 140 Å². The second kappa shape index (κ2) is 8.46. The minimum Gasteiger partial charge on any atom is -0.493 e. The first-order valence-corrected chi connectivity index (χ1v) is 9.82. The van der Waals surface area contributed by atoms with Crippen molar-refractivity contribution in [2.75, 3.05) is 0 Å². The van der Waals surface area contributed by atoms with Crippen molar-refractivity contribution in [3.63, 3.8) is 0 Å². The van der Waals surface area contributed by atoms with Crippen molar-refractivity contribution in [3.8, 4) is 11.6 Å². The fourth-order valence-electron chi connectivity index (χ4n) is 3.49. The van der Waals surface area contributed by atoms with Crippen LogP contribution in [0.3, 0.4) is 0 Å². The lowest BCUT2D eigenvalue weighted by atomic mass is 10.1. The summed E-state index contributed by atoms with van der Waals surface area (Å²) < 4.78 is 9.37. The van der Waals surface area contributed by atoms with Gasteiger partial charge in [0.15, 0.2) is 0 Å². The molecule has 1 aromatic carbocycles. The molecule has 1 amide bonds. The molecule has 3 aromatic heterocycles. The molecule has 0 saturated carbocycles. The number of hydrogen-bond donors (Lipinski definition) is 3. The summed E-state index contributed by atoms with van der Waals surface area (Å²) in [6.45, 7) is 4.47. The zero-order valence-corrected chi connectivity index (χ0v) is 17.5. The summed E-state index contributed by atoms with van der Waals surface area (Å²) in [5, 5.41) is 29.7. The van der Waals surface area contributed by atoms with Crippen LogP contribution in [0.5, 0.6) is 5.88 Å². The molecule has 0 aliphatic rings. The van der Waals surface area contributed by atoms with Gasteiger partial charge in [0.1, 0.15) is 5.76 Å². The SMILES string of the molecule is Cc1noc(C)c1Cn1cc(-n2c(O)cn(Cc3cccc(CNC(=O)O)c3)c2=O)cn1. The number of nitrogens with zero attached hydrogens (tertiary/aromatic N) is 5. The summed E-state index contributed by atoms with van der Waals surface area (Å²) in [5.74, 6) is 0.488. The highest BCUT2D eigenvalue weighted by Gasteiger charge is 2.16. The molecule has 0 saturated heterocycles. The molecule has 0 atom stereocenters. The Kier molecular flexibility index (Phi) is 5.54. The number of amides is 1. The van der Waals surface area contributed by atoms with Crippen LogP contribution in [0.2, 0.25) is 0 Å². The summed E-state index contributed by atoms with van der Waals surface area (Å²) in [5.41, 5.74) is 3.24. The molecule has 0 bridgehead atoms. The molecule has 4 rings (SSSR count). The van der Waals surface area contributed by atoms with E-state index >= 15 is 0 Å². The first-order chi connectivity index (χ1) is 15.3. The third-order valence-electron chi connectivity index (χ3n) is 5.10. The van der Waals surface area contributed by atoms with E-state index in [9.17, 15) is 14.7 Å². The normalized spacial score (nSPS) is 11.1. The monoisotopic (exact) mass is 438 g/mol. The molecule has 3 heterocycles. The fraction of sp³-hybridized carbons (Fsp3) is 0.238. The van der Waals surface area contributed by atoms with Gasteiger partial charge in [0.25, 0.3) is 0 Å². The zero-order valence-electron chi connectivity index (χ0n) is 17.5. The molecule has 0 radical (unpaired) electrons. The van der Waals surface area contributed by atoms with Crippen LogP contribution in [0.1, 0.15) is 28.1 Å². The summed E-state index contributed by atoms with van der Waals surface area (Å²) in [4.78, 5) is 23.6. The number of aryl methyl sites for hydroxylation is 2. The molecule has 0 fully saturated rings. The van der Waals surface area contributed by atoms with Crippen molar-refractivity contribution in [1.82, 2.24) is 29.4 Å². The number of imidazole rings is 1. The van der Waals surface area contributed by atoms with Gasteiger partial charge in [-0.15, -0.1) is 0 Å². The zero-order chi connectivity index (χ0) is 22.8. The standard InChI is InChI=1S/C21H22N6O5/c1-13-18(14(2)32-24-13)11-26-10-17(8-23-26)27-19(28)12-25(21(27)31)9-16-5-3-4-15(6-16)7-22-20(29)30/h3-6,8,10,12,22,28H,7,9,11H2,1-2H3,(H,29,30). The highest BCUT2D eigenvalue weighted by molar-refractivity contribution is 5.64. The van der Waals surface area contributed by atoms with E-state index in [-0.39, 0.29) is 19.0 Å². The predicted molar refractivity (Wildman–Crippen MR) is 113 cm³/mol. The number of carbonyl (C=O) groups is 1. The average molecular weight is 438 g/mol. The Morgan fingerprint density at radius 2 is 1.97 bits per heavy atom. The third-order valence-corrected chi connectivity index (χ3v) is 5.10. The Morgan fingerprint density at radius 3 is 2.69 bits per heavy atom. The van der Waals surface area contributed by atoms with E-state index in [0.29, 0.717) is 18.0 Å². The summed E-state index contributed by atoms with van der Waals surface area (Å²) in [6, 6.07) is 7.21. The maximum atomic E-state index is 12.9. The van der Waals surface area contributed by atoms with Crippen LogP contribution in [0.4, 0.5) is 4.79 Å². The first kappa shape index (κ1) is 21.0. The van der Waals surface area contributed by atoms with E-state index in [1.54, 1.807) is 29.1 Å². The van der Waals surface area contributed by atoms with Gasteiger partial charge in [0.05, 0.1) is 36.9 Å². The first-order valence-electron chi connectivity index (χ1n) is 9.82. The van der Waals surface area contributed by atoms with Gasteiger partial charge < -0.3 is 20.1 Å². The van der Waals surface area contributed by atoms with E-state index in [2.05, 4.69) is 15.6 Å². The maximum absolute atomic E-state index is 12.9. The van der Waals surface area contributed by atoms with Crippen LogP contribution >= 0.6 is 0 Å². The minimum absolute atomic E-state index is 0.161. The number of carboxylic acid groups (broad SMARTS) is 1. The Bertz CT molecular complexity index is 1310. The van der Waals surface area contributed by atoms with E-state index in [1.807, 2.05) is 19.9 Å². The van der Waals surface area contributed by atoms with E-state index in [1.165, 1.54) is 21.5 Å². The Labute approximate surface area is 182 Å². The number of rotatable bonds is 7. The fourth-order valence-corrected chi connectivity index (χ4v) is 3.49. The molecule has 4 aromatic rings. The lowest BCUT2D eigenvalue weighted by Crippen LogP contribution is -2.23. The van der Waals surface area contributed by atoms with E-state index in [4.69, 9.17) is 9.63 Å². The van der Waals surface area contributed by atoms with Crippen molar-refractivity contribution in [1.29, 1.82) is 0 Å². The Hall–Kier alpha value is -4.28. The van der Waals surface area contributed by atoms with Crippen LogP contribution in [0, 0.1) is 13.8 Å². The number of benzene rings is 1. The Morgan fingerprint density at radius 1 is 1.19 bits per heavy atom. The van der Waals surface area contributed by atoms with Gasteiger partial charge in [0, 0.05) is 18.3 Å². The molecule has 0 unspecified atom stereocenters. The average Bonchev–Trinajstić information content (AvgIpc) is 3.41. The smallest absolute Gasteiger partial charge is 0.404 e. The van der Waals surface area contributed by atoms with Crippen LogP contribution in [-0.2, 0) is 19.6 Å². The van der Waals surface area contributed by atoms with Crippen molar-refractivity contribution >= 4 is 6.09 Å². The number of aromatic hydroxyl groups is 1. The van der Waals surface area contributed by atoms with Gasteiger partial charge in [0.2, 0.25) is 5.88 Å². The van der Waals surface area contributed by atoms with Crippen LogP contribution in [-0.4, -0.2) is 40.4 Å². The van der Waals surface area contributed by atoms with E-state index < -0.39 is 11.8 Å². The number of aromatic nitrogens is 5. The number of nitrogens with one attached hydrogen (secondary N) is 1.